The highest BCUT2D eigenvalue weighted by Gasteiger charge is 2.53. The number of benzene rings is 3. The fourth-order valence-corrected chi connectivity index (χ4v) is 5.32. The molecule has 10 atom stereocenters. The molecule has 2 aliphatic rings. The van der Waals surface area contributed by atoms with Crippen LogP contribution in [0.5, 0.6) is 0 Å². The molecule has 238 valence electrons. The molecule has 0 spiro atoms. The summed E-state index contributed by atoms with van der Waals surface area (Å²) in [6, 6.07) is 28.5. The van der Waals surface area contributed by atoms with Crippen LogP contribution >= 0.6 is 0 Å². The molecule has 5 N–H and O–H groups in total. The Morgan fingerprint density at radius 2 is 1.16 bits per heavy atom. The van der Waals surface area contributed by atoms with Gasteiger partial charge in [0.25, 0.3) is 0 Å². The minimum atomic E-state index is -1.54. The van der Waals surface area contributed by atoms with Gasteiger partial charge in [0.05, 0.1) is 33.0 Å². The van der Waals surface area contributed by atoms with E-state index in [2.05, 4.69) is 0 Å². The number of hydrogen-bond donors (Lipinski definition) is 5. The third-order valence-corrected chi connectivity index (χ3v) is 7.69. The zero-order valence-corrected chi connectivity index (χ0v) is 24.2. The van der Waals surface area contributed by atoms with Gasteiger partial charge in [0.1, 0.15) is 48.8 Å². The van der Waals surface area contributed by atoms with Gasteiger partial charge in [0.2, 0.25) is 0 Å². The summed E-state index contributed by atoms with van der Waals surface area (Å²) in [6.45, 7) is -0.135. The summed E-state index contributed by atoms with van der Waals surface area (Å²) in [6.07, 6.45) is -12.3. The average molecular weight is 613 g/mol. The van der Waals surface area contributed by atoms with Crippen LogP contribution in [0.4, 0.5) is 0 Å². The SMILES string of the molecule is OC[C@@H](O)[C@@H]1O[C@@H](O[C@H](COCc2ccccc2)[C@@H]2O[C@@H](O)[C@H](OCc3ccccc3)[C@H]2OCc2ccccc2)[C@H](O)[C@H]1O. The summed E-state index contributed by atoms with van der Waals surface area (Å²) in [5, 5.41) is 51.7. The molecule has 2 fully saturated rings. The first-order chi connectivity index (χ1) is 21.4. The lowest BCUT2D eigenvalue weighted by atomic mass is 10.0. The Labute approximate surface area is 256 Å². The van der Waals surface area contributed by atoms with Crippen LogP contribution in [0.3, 0.4) is 0 Å². The van der Waals surface area contributed by atoms with Crippen molar-refractivity contribution in [2.24, 2.45) is 0 Å². The van der Waals surface area contributed by atoms with Crippen molar-refractivity contribution in [1.82, 2.24) is 0 Å². The van der Waals surface area contributed by atoms with E-state index < -0.39 is 68.0 Å². The summed E-state index contributed by atoms with van der Waals surface area (Å²) in [4.78, 5) is 0. The molecule has 0 saturated carbocycles. The molecule has 2 heterocycles. The molecule has 2 aliphatic heterocycles. The first-order valence-corrected chi connectivity index (χ1v) is 14.7. The van der Waals surface area contributed by atoms with Gasteiger partial charge in [-0.15, -0.1) is 0 Å². The Morgan fingerprint density at radius 1 is 0.636 bits per heavy atom. The van der Waals surface area contributed by atoms with Crippen LogP contribution in [0.1, 0.15) is 16.7 Å². The first kappa shape index (κ1) is 32.6. The van der Waals surface area contributed by atoms with Crippen LogP contribution in [0.15, 0.2) is 91.0 Å². The summed E-state index contributed by atoms with van der Waals surface area (Å²) in [5.74, 6) is 0. The van der Waals surface area contributed by atoms with Gasteiger partial charge >= 0.3 is 0 Å². The molecule has 3 aromatic carbocycles. The van der Waals surface area contributed by atoms with E-state index in [0.29, 0.717) is 0 Å². The maximum Gasteiger partial charge on any atom is 0.187 e. The van der Waals surface area contributed by atoms with Gasteiger partial charge in [-0.25, -0.2) is 0 Å². The van der Waals surface area contributed by atoms with Gasteiger partial charge < -0.3 is 54.0 Å². The van der Waals surface area contributed by atoms with Gasteiger partial charge in [-0.2, -0.15) is 0 Å². The molecule has 5 rings (SSSR count). The minimum absolute atomic E-state index is 0.0707. The maximum atomic E-state index is 11.1. The Kier molecular flexibility index (Phi) is 11.8. The van der Waals surface area contributed by atoms with Crippen LogP contribution in [-0.4, -0.2) is 100 Å². The van der Waals surface area contributed by atoms with E-state index in [0.717, 1.165) is 16.7 Å². The summed E-state index contributed by atoms with van der Waals surface area (Å²) < 4.78 is 36.3. The van der Waals surface area contributed by atoms with Crippen molar-refractivity contribution in [2.75, 3.05) is 13.2 Å². The Balaban J connectivity index is 1.37. The normalized spacial score (nSPS) is 29.9. The van der Waals surface area contributed by atoms with Crippen LogP contribution < -0.4 is 0 Å². The molecule has 11 nitrogen and oxygen atoms in total. The largest absolute Gasteiger partial charge is 0.394 e. The van der Waals surface area contributed by atoms with Gasteiger partial charge in [-0.05, 0) is 16.7 Å². The molecule has 0 unspecified atom stereocenters. The van der Waals surface area contributed by atoms with E-state index in [1.165, 1.54) is 0 Å². The van der Waals surface area contributed by atoms with Crippen molar-refractivity contribution >= 4 is 0 Å². The van der Waals surface area contributed by atoms with Crippen LogP contribution in [-0.2, 0) is 48.2 Å². The number of rotatable bonds is 15. The Morgan fingerprint density at radius 3 is 1.70 bits per heavy atom. The highest BCUT2D eigenvalue weighted by atomic mass is 16.7. The third kappa shape index (κ3) is 8.27. The van der Waals surface area contributed by atoms with E-state index in [4.69, 9.17) is 28.4 Å². The molecule has 0 aromatic heterocycles. The van der Waals surface area contributed by atoms with Crippen molar-refractivity contribution in [1.29, 1.82) is 0 Å². The molecule has 0 amide bonds. The third-order valence-electron chi connectivity index (χ3n) is 7.69. The highest BCUT2D eigenvalue weighted by Crippen LogP contribution is 2.33. The van der Waals surface area contributed by atoms with Crippen LogP contribution in [0, 0.1) is 0 Å². The number of aliphatic hydroxyl groups is 5. The lowest BCUT2D eigenvalue weighted by Crippen LogP contribution is -2.47. The van der Waals surface area contributed by atoms with E-state index in [-0.39, 0.29) is 26.4 Å². The quantitative estimate of drug-likeness (QED) is 0.169. The lowest BCUT2D eigenvalue weighted by Gasteiger charge is -2.31. The van der Waals surface area contributed by atoms with Gasteiger partial charge in [0.15, 0.2) is 12.6 Å². The topological polar surface area (TPSA) is 157 Å². The van der Waals surface area contributed by atoms with Gasteiger partial charge in [0, 0.05) is 0 Å². The second-order valence-corrected chi connectivity index (χ2v) is 10.9. The number of ether oxygens (including phenoxy) is 6. The van der Waals surface area contributed by atoms with Crippen molar-refractivity contribution in [3.05, 3.63) is 108 Å². The number of aliphatic hydroxyl groups excluding tert-OH is 5. The molecule has 2 saturated heterocycles. The summed E-state index contributed by atoms with van der Waals surface area (Å²) in [7, 11) is 0. The molecular formula is C33H40O11. The summed E-state index contributed by atoms with van der Waals surface area (Å²) >= 11 is 0. The van der Waals surface area contributed by atoms with E-state index in [1.54, 1.807) is 0 Å². The molecule has 44 heavy (non-hydrogen) atoms. The van der Waals surface area contributed by atoms with Crippen molar-refractivity contribution < 1.29 is 54.0 Å². The number of hydrogen-bond acceptors (Lipinski definition) is 11. The molecule has 3 aromatic rings. The first-order valence-electron chi connectivity index (χ1n) is 14.7. The second-order valence-electron chi connectivity index (χ2n) is 10.9. The zero-order chi connectivity index (χ0) is 30.9. The minimum Gasteiger partial charge on any atom is -0.394 e. The predicted molar refractivity (Wildman–Crippen MR) is 156 cm³/mol. The van der Waals surface area contributed by atoms with E-state index >= 15 is 0 Å². The van der Waals surface area contributed by atoms with Crippen LogP contribution in [0.25, 0.3) is 0 Å². The predicted octanol–water partition coefficient (Wildman–Crippen LogP) is 1.28. The zero-order valence-electron chi connectivity index (χ0n) is 24.2. The molecule has 11 heteroatoms. The van der Waals surface area contributed by atoms with Gasteiger partial charge in [-0.3, -0.25) is 0 Å². The molecule has 0 radical (unpaired) electrons. The fraction of sp³-hybridized carbons (Fsp3) is 0.455. The fourth-order valence-electron chi connectivity index (χ4n) is 5.32. The molecule has 0 bridgehead atoms. The van der Waals surface area contributed by atoms with Crippen molar-refractivity contribution in [3.8, 4) is 0 Å². The molecular weight excluding hydrogens is 572 g/mol. The maximum absolute atomic E-state index is 11.1. The van der Waals surface area contributed by atoms with E-state index in [9.17, 15) is 25.5 Å². The standard InChI is InChI=1S/C33H40O11/c34-16-24(35)28-26(36)27(37)33(44-28)42-25(20-39-17-21-10-4-1-5-11-21)29-30(40-18-22-12-6-2-7-13-22)31(32(38)43-29)41-19-23-14-8-3-9-15-23/h1-15,24-38H,16-20H2/t24-,25-,26-,27-,28+,29+,30+,31-,32-,33-/m1/s1. The van der Waals surface area contributed by atoms with Gasteiger partial charge in [-0.1, -0.05) is 91.0 Å². The lowest BCUT2D eigenvalue weighted by molar-refractivity contribution is -0.244. The average Bonchev–Trinajstić information content (AvgIpc) is 3.53. The van der Waals surface area contributed by atoms with E-state index in [1.807, 2.05) is 91.0 Å². The Hall–Kier alpha value is -2.78. The second kappa shape index (κ2) is 16.0. The van der Waals surface area contributed by atoms with Crippen molar-refractivity contribution in [3.63, 3.8) is 0 Å². The van der Waals surface area contributed by atoms with Crippen molar-refractivity contribution in [2.45, 2.75) is 81.2 Å². The Bertz CT molecular complexity index is 1230. The molecule has 0 aliphatic carbocycles. The smallest absolute Gasteiger partial charge is 0.187 e. The van der Waals surface area contributed by atoms with Crippen LogP contribution in [0.2, 0.25) is 0 Å². The highest BCUT2D eigenvalue weighted by molar-refractivity contribution is 5.15. The summed E-state index contributed by atoms with van der Waals surface area (Å²) in [5.41, 5.74) is 2.71. The monoisotopic (exact) mass is 612 g/mol.